The molecule has 3 aliphatic heterocycles. The Kier molecular flexibility index (Phi) is 3.18. The first-order chi connectivity index (χ1) is 10.7. The number of allylic oxidation sites excluding steroid dienone is 1. The highest BCUT2D eigenvalue weighted by molar-refractivity contribution is 7.10. The molecular formula is C14H17N7S. The minimum absolute atomic E-state index is 0.305. The summed E-state index contributed by atoms with van der Waals surface area (Å²) in [6, 6.07) is 2.32. The first kappa shape index (κ1) is 13.4. The van der Waals surface area contributed by atoms with Crippen molar-refractivity contribution >= 4 is 34.4 Å². The van der Waals surface area contributed by atoms with Crippen molar-refractivity contribution in [2.75, 3.05) is 18.4 Å². The van der Waals surface area contributed by atoms with Gasteiger partial charge in [-0.2, -0.15) is 9.47 Å². The summed E-state index contributed by atoms with van der Waals surface area (Å²) in [7, 11) is 0. The molecule has 0 radical (unpaired) electrons. The van der Waals surface area contributed by atoms with E-state index in [0.717, 1.165) is 41.2 Å². The molecule has 2 N–H and O–H groups in total. The number of rotatable bonds is 2. The third kappa shape index (κ3) is 2.29. The number of amidine groups is 2. The van der Waals surface area contributed by atoms with Crippen molar-refractivity contribution < 1.29 is 0 Å². The minimum atomic E-state index is 0.305. The molecule has 2 atom stereocenters. The summed E-state index contributed by atoms with van der Waals surface area (Å²) in [4.78, 5) is 11.5. The number of nitrogens with zero attached hydrogens (tertiary/aromatic N) is 5. The molecule has 0 saturated carbocycles. The average Bonchev–Trinajstić information content (AvgIpc) is 3.18. The molecule has 0 spiro atoms. The van der Waals surface area contributed by atoms with Crippen LogP contribution in [0.15, 0.2) is 33.0 Å². The molecule has 114 valence electrons. The Morgan fingerprint density at radius 1 is 1.41 bits per heavy atom. The molecule has 4 rings (SSSR count). The Morgan fingerprint density at radius 3 is 3.05 bits per heavy atom. The largest absolute Gasteiger partial charge is 0.328 e. The van der Waals surface area contributed by atoms with Crippen LogP contribution in [0.5, 0.6) is 0 Å². The van der Waals surface area contributed by atoms with E-state index < -0.39 is 0 Å². The molecule has 7 nitrogen and oxygen atoms in total. The van der Waals surface area contributed by atoms with Gasteiger partial charge in [-0.25, -0.2) is 4.99 Å². The van der Waals surface area contributed by atoms with Crippen molar-refractivity contribution in [2.24, 2.45) is 21.0 Å². The molecule has 1 aromatic heterocycles. The van der Waals surface area contributed by atoms with Crippen LogP contribution in [-0.2, 0) is 0 Å². The fourth-order valence-corrected chi connectivity index (χ4v) is 3.54. The average molecular weight is 315 g/mol. The summed E-state index contributed by atoms with van der Waals surface area (Å²) in [6.45, 7) is 5.62. The molecule has 0 fully saturated rings. The standard InChI is InChI=1S/C14H17N7S/c1-8-3-12(22-20-8)19-13-14-15-6-11(10-4-16-17-5-10)21(14)7-9(2)18-13/h3-4,7,10-11,17H,5-6H2,1-2H3,(H,18,19). The molecule has 1 aromatic rings. The Labute approximate surface area is 132 Å². The summed E-state index contributed by atoms with van der Waals surface area (Å²) in [5.74, 6) is 2.08. The smallest absolute Gasteiger partial charge is 0.174 e. The summed E-state index contributed by atoms with van der Waals surface area (Å²) in [5, 5.41) is 8.48. The van der Waals surface area contributed by atoms with Crippen LogP contribution < -0.4 is 10.7 Å². The maximum Gasteiger partial charge on any atom is 0.174 e. The van der Waals surface area contributed by atoms with Gasteiger partial charge in [0.05, 0.1) is 24.0 Å². The van der Waals surface area contributed by atoms with Gasteiger partial charge in [-0.05, 0) is 31.4 Å². The van der Waals surface area contributed by atoms with Gasteiger partial charge in [-0.3, -0.25) is 4.99 Å². The number of anilines is 1. The van der Waals surface area contributed by atoms with Gasteiger partial charge in [0, 0.05) is 24.9 Å². The van der Waals surface area contributed by atoms with Crippen molar-refractivity contribution in [1.82, 2.24) is 14.7 Å². The van der Waals surface area contributed by atoms with Crippen LogP contribution in [0.2, 0.25) is 0 Å². The SMILES string of the molecule is CC1=CN2C(=NCC2C2C=NNC2)C(Nc2cc(C)ns2)=N1. The Bertz CT molecular complexity index is 715. The highest BCUT2D eigenvalue weighted by Crippen LogP contribution is 2.25. The molecule has 0 amide bonds. The molecule has 0 bridgehead atoms. The number of aliphatic imine (C=N–C) groups is 2. The van der Waals surface area contributed by atoms with E-state index >= 15 is 0 Å². The van der Waals surface area contributed by atoms with Gasteiger partial charge in [0.2, 0.25) is 0 Å². The van der Waals surface area contributed by atoms with Crippen LogP contribution in [0.25, 0.3) is 0 Å². The van der Waals surface area contributed by atoms with Gasteiger partial charge in [0.25, 0.3) is 0 Å². The van der Waals surface area contributed by atoms with Crippen LogP contribution in [0.1, 0.15) is 12.6 Å². The zero-order chi connectivity index (χ0) is 15.1. The fourth-order valence-electron chi connectivity index (χ4n) is 2.88. The lowest BCUT2D eigenvalue weighted by molar-refractivity contribution is 0.372. The zero-order valence-electron chi connectivity index (χ0n) is 12.4. The molecule has 3 aliphatic rings. The zero-order valence-corrected chi connectivity index (χ0v) is 13.3. The second kappa shape index (κ2) is 5.20. The molecule has 22 heavy (non-hydrogen) atoms. The lowest BCUT2D eigenvalue weighted by atomic mass is 10.0. The number of hydrogen-bond donors (Lipinski definition) is 2. The number of aryl methyl sites for hydroxylation is 1. The predicted molar refractivity (Wildman–Crippen MR) is 89.6 cm³/mol. The Balaban J connectivity index is 1.59. The van der Waals surface area contributed by atoms with E-state index in [9.17, 15) is 0 Å². The molecular weight excluding hydrogens is 298 g/mol. The first-order valence-electron chi connectivity index (χ1n) is 7.27. The maximum atomic E-state index is 4.70. The van der Waals surface area contributed by atoms with E-state index in [1.165, 1.54) is 11.5 Å². The molecule has 0 aliphatic carbocycles. The van der Waals surface area contributed by atoms with Crippen LogP contribution >= 0.6 is 11.5 Å². The summed E-state index contributed by atoms with van der Waals surface area (Å²) in [5.41, 5.74) is 5.01. The number of fused-ring (bicyclic) bond motifs is 1. The molecule has 4 heterocycles. The van der Waals surface area contributed by atoms with E-state index in [4.69, 9.17) is 4.99 Å². The Morgan fingerprint density at radius 2 is 2.32 bits per heavy atom. The number of aromatic nitrogens is 1. The van der Waals surface area contributed by atoms with Crippen LogP contribution in [0.4, 0.5) is 5.00 Å². The van der Waals surface area contributed by atoms with E-state index in [2.05, 4.69) is 36.3 Å². The topological polar surface area (TPSA) is 77.3 Å². The van der Waals surface area contributed by atoms with E-state index in [0.29, 0.717) is 12.0 Å². The maximum absolute atomic E-state index is 4.70. The van der Waals surface area contributed by atoms with Gasteiger partial charge in [-0.1, -0.05) is 0 Å². The normalized spacial score (nSPS) is 26.3. The predicted octanol–water partition coefficient (Wildman–Crippen LogP) is 1.42. The highest BCUT2D eigenvalue weighted by atomic mass is 32.1. The second-order valence-electron chi connectivity index (χ2n) is 5.63. The monoisotopic (exact) mass is 315 g/mol. The van der Waals surface area contributed by atoms with Gasteiger partial charge >= 0.3 is 0 Å². The highest BCUT2D eigenvalue weighted by Gasteiger charge is 2.37. The van der Waals surface area contributed by atoms with E-state index in [-0.39, 0.29) is 0 Å². The van der Waals surface area contributed by atoms with Gasteiger partial charge in [-0.15, -0.1) is 0 Å². The van der Waals surface area contributed by atoms with Crippen molar-refractivity contribution in [3.63, 3.8) is 0 Å². The molecule has 2 unspecified atom stereocenters. The van der Waals surface area contributed by atoms with Crippen molar-refractivity contribution in [1.29, 1.82) is 0 Å². The summed E-state index contributed by atoms with van der Waals surface area (Å²) in [6.07, 6.45) is 4.06. The Hall–Kier alpha value is -2.22. The number of nitrogens with one attached hydrogen (secondary N) is 2. The quantitative estimate of drug-likeness (QED) is 0.865. The summed E-state index contributed by atoms with van der Waals surface area (Å²) < 4.78 is 4.30. The van der Waals surface area contributed by atoms with Crippen molar-refractivity contribution in [2.45, 2.75) is 19.9 Å². The number of hydrogen-bond acceptors (Lipinski definition) is 8. The van der Waals surface area contributed by atoms with Crippen LogP contribution in [-0.4, -0.2) is 46.3 Å². The van der Waals surface area contributed by atoms with E-state index in [1.54, 1.807) is 0 Å². The lowest BCUT2D eigenvalue weighted by Gasteiger charge is -2.30. The summed E-state index contributed by atoms with van der Waals surface area (Å²) >= 11 is 1.44. The van der Waals surface area contributed by atoms with Crippen molar-refractivity contribution in [3.8, 4) is 0 Å². The van der Waals surface area contributed by atoms with Crippen LogP contribution in [0.3, 0.4) is 0 Å². The minimum Gasteiger partial charge on any atom is -0.328 e. The second-order valence-corrected chi connectivity index (χ2v) is 6.44. The molecule has 0 saturated heterocycles. The van der Waals surface area contributed by atoms with Crippen molar-refractivity contribution in [3.05, 3.63) is 23.7 Å². The third-order valence-corrected chi connectivity index (χ3v) is 4.70. The lowest BCUT2D eigenvalue weighted by Crippen LogP contribution is -2.45. The first-order valence-corrected chi connectivity index (χ1v) is 8.05. The van der Waals surface area contributed by atoms with Gasteiger partial charge in [0.15, 0.2) is 11.7 Å². The van der Waals surface area contributed by atoms with Crippen LogP contribution in [0, 0.1) is 12.8 Å². The van der Waals surface area contributed by atoms with Gasteiger partial charge in [0.1, 0.15) is 5.00 Å². The number of hydrazone groups is 1. The van der Waals surface area contributed by atoms with Gasteiger partial charge < -0.3 is 15.6 Å². The fraction of sp³-hybridized carbons (Fsp3) is 0.429. The third-order valence-electron chi connectivity index (χ3n) is 3.90. The molecule has 8 heteroatoms. The molecule has 0 aromatic carbocycles. The van der Waals surface area contributed by atoms with E-state index in [1.807, 2.05) is 26.1 Å².